The average Bonchev–Trinajstić information content (AvgIpc) is 3.22. The first-order valence-corrected chi connectivity index (χ1v) is 10.8. The second-order valence-electron chi connectivity index (χ2n) is 6.81. The van der Waals surface area contributed by atoms with Gasteiger partial charge in [-0.15, -0.1) is 16.4 Å². The third kappa shape index (κ3) is 3.98. The lowest BCUT2D eigenvalue weighted by molar-refractivity contribution is -0.126. The molecule has 6 nitrogen and oxygen atoms in total. The van der Waals surface area contributed by atoms with Crippen LogP contribution in [-0.2, 0) is 11.3 Å². The predicted molar refractivity (Wildman–Crippen MR) is 109 cm³/mol. The van der Waals surface area contributed by atoms with Gasteiger partial charge in [0.25, 0.3) is 5.91 Å². The van der Waals surface area contributed by atoms with Gasteiger partial charge in [-0.2, -0.15) is 0 Å². The minimum absolute atomic E-state index is 0.0585. The summed E-state index contributed by atoms with van der Waals surface area (Å²) in [5, 5.41) is 10.6. The van der Waals surface area contributed by atoms with E-state index in [4.69, 9.17) is 0 Å². The summed E-state index contributed by atoms with van der Waals surface area (Å²) in [5.41, 5.74) is 2.33. The summed E-state index contributed by atoms with van der Waals surface area (Å²) in [6, 6.07) is 11.1. The molecule has 1 aliphatic rings. The number of amides is 2. The van der Waals surface area contributed by atoms with Gasteiger partial charge in [0.1, 0.15) is 6.04 Å². The highest BCUT2D eigenvalue weighted by molar-refractivity contribution is 7.10. The molecule has 144 valence electrons. The van der Waals surface area contributed by atoms with Crippen LogP contribution in [0.3, 0.4) is 0 Å². The summed E-state index contributed by atoms with van der Waals surface area (Å²) in [4.78, 5) is 29.1. The van der Waals surface area contributed by atoms with E-state index in [9.17, 15) is 9.59 Å². The van der Waals surface area contributed by atoms with Gasteiger partial charge >= 0.3 is 0 Å². The molecule has 4 rings (SSSR count). The second kappa shape index (κ2) is 8.20. The smallest absolute Gasteiger partial charge is 0.276 e. The third-order valence-corrected chi connectivity index (χ3v) is 6.32. The van der Waals surface area contributed by atoms with Crippen molar-refractivity contribution in [2.24, 2.45) is 0 Å². The highest BCUT2D eigenvalue weighted by Crippen LogP contribution is 2.38. The number of aryl methyl sites for hydroxylation is 1. The lowest BCUT2D eigenvalue weighted by atomic mass is 10.1. The normalized spacial score (nSPS) is 14.5. The molecule has 1 atom stereocenters. The maximum atomic E-state index is 13.3. The van der Waals surface area contributed by atoms with E-state index in [0.29, 0.717) is 12.2 Å². The zero-order valence-corrected chi connectivity index (χ0v) is 17.0. The van der Waals surface area contributed by atoms with Crippen molar-refractivity contribution in [3.63, 3.8) is 0 Å². The minimum Gasteiger partial charge on any atom is -0.350 e. The number of hydrogen-bond acceptors (Lipinski definition) is 6. The molecule has 0 spiro atoms. The Hall–Kier alpha value is -2.58. The topological polar surface area (TPSA) is 75.2 Å². The van der Waals surface area contributed by atoms with Crippen LogP contribution in [0.2, 0.25) is 0 Å². The zero-order chi connectivity index (χ0) is 19.5. The molecular formula is C20H20N4O2S2. The van der Waals surface area contributed by atoms with E-state index in [2.05, 4.69) is 14.9 Å². The molecule has 1 N–H and O–H groups in total. The van der Waals surface area contributed by atoms with Crippen LogP contribution in [0.15, 0.2) is 47.2 Å². The second-order valence-corrected chi connectivity index (χ2v) is 8.37. The Morgan fingerprint density at radius 3 is 2.64 bits per heavy atom. The van der Waals surface area contributed by atoms with Gasteiger partial charge < -0.3 is 10.2 Å². The van der Waals surface area contributed by atoms with Gasteiger partial charge in [-0.25, -0.2) is 0 Å². The van der Waals surface area contributed by atoms with Crippen LogP contribution >= 0.6 is 22.9 Å². The molecule has 1 aliphatic carbocycles. The Kier molecular flexibility index (Phi) is 5.50. The average molecular weight is 413 g/mol. The molecule has 28 heavy (non-hydrogen) atoms. The van der Waals surface area contributed by atoms with Gasteiger partial charge in [0.2, 0.25) is 5.91 Å². The number of carbonyl (C=O) groups is 2. The monoisotopic (exact) mass is 412 g/mol. The maximum absolute atomic E-state index is 13.3. The number of hydrogen-bond donors (Lipinski definition) is 1. The number of thiophene rings is 1. The molecule has 0 saturated heterocycles. The fourth-order valence-electron chi connectivity index (χ4n) is 3.15. The number of rotatable bonds is 7. The predicted octanol–water partition coefficient (Wildman–Crippen LogP) is 3.57. The van der Waals surface area contributed by atoms with E-state index in [1.165, 1.54) is 11.3 Å². The van der Waals surface area contributed by atoms with Crippen molar-refractivity contribution in [3.8, 4) is 0 Å². The van der Waals surface area contributed by atoms with Crippen molar-refractivity contribution in [2.45, 2.75) is 38.4 Å². The van der Waals surface area contributed by atoms with E-state index >= 15 is 0 Å². The SMILES string of the molecule is Cc1ccsc1[C@@H](C(=O)NCc1ccccc1)N(C(=O)c1csnn1)C1CC1. The zero-order valence-electron chi connectivity index (χ0n) is 15.4. The fraction of sp³-hybridized carbons (Fsp3) is 0.300. The van der Waals surface area contributed by atoms with Crippen LogP contribution in [0.5, 0.6) is 0 Å². The molecule has 0 bridgehead atoms. The quantitative estimate of drug-likeness (QED) is 0.644. The molecule has 2 aromatic heterocycles. The lowest BCUT2D eigenvalue weighted by Crippen LogP contribution is -2.44. The summed E-state index contributed by atoms with van der Waals surface area (Å²) in [6.07, 6.45) is 1.80. The highest BCUT2D eigenvalue weighted by Gasteiger charge is 2.43. The van der Waals surface area contributed by atoms with Gasteiger partial charge in [-0.1, -0.05) is 34.8 Å². The lowest BCUT2D eigenvalue weighted by Gasteiger charge is -2.30. The van der Waals surface area contributed by atoms with Gasteiger partial charge in [-0.05, 0) is 53.9 Å². The van der Waals surface area contributed by atoms with E-state index in [-0.39, 0.29) is 17.9 Å². The molecule has 2 heterocycles. The van der Waals surface area contributed by atoms with E-state index in [1.807, 2.05) is 48.7 Å². The molecule has 0 aliphatic heterocycles. The number of aromatic nitrogens is 2. The first-order valence-electron chi connectivity index (χ1n) is 9.10. The highest BCUT2D eigenvalue weighted by atomic mass is 32.1. The summed E-state index contributed by atoms with van der Waals surface area (Å²) in [5.74, 6) is -0.401. The van der Waals surface area contributed by atoms with Crippen LogP contribution in [0.4, 0.5) is 0 Å². The number of nitrogens with one attached hydrogen (secondary N) is 1. The first-order chi connectivity index (χ1) is 13.6. The Morgan fingerprint density at radius 1 is 1.25 bits per heavy atom. The van der Waals surface area contributed by atoms with Gasteiger partial charge in [0.05, 0.1) is 0 Å². The summed E-state index contributed by atoms with van der Waals surface area (Å²) in [7, 11) is 0. The largest absolute Gasteiger partial charge is 0.350 e. The van der Waals surface area contributed by atoms with Crippen molar-refractivity contribution in [3.05, 3.63) is 68.9 Å². The van der Waals surface area contributed by atoms with Gasteiger partial charge in [-0.3, -0.25) is 9.59 Å². The van der Waals surface area contributed by atoms with Crippen molar-refractivity contribution < 1.29 is 9.59 Å². The third-order valence-electron chi connectivity index (χ3n) is 4.74. The van der Waals surface area contributed by atoms with E-state index in [1.54, 1.807) is 10.3 Å². The molecule has 1 fully saturated rings. The molecular weight excluding hydrogens is 392 g/mol. The molecule has 1 saturated carbocycles. The molecule has 2 amide bonds. The van der Waals surface area contributed by atoms with E-state index in [0.717, 1.165) is 40.4 Å². The fourth-order valence-corrected chi connectivity index (χ4v) is 4.61. The van der Waals surface area contributed by atoms with Crippen LogP contribution in [0, 0.1) is 6.92 Å². The Balaban J connectivity index is 1.63. The van der Waals surface area contributed by atoms with Crippen molar-refractivity contribution in [2.75, 3.05) is 0 Å². The summed E-state index contributed by atoms with van der Waals surface area (Å²) < 4.78 is 3.81. The van der Waals surface area contributed by atoms with Crippen LogP contribution in [0.25, 0.3) is 0 Å². The standard InChI is InChI=1S/C20H20N4O2S2/c1-13-9-10-27-18(13)17(19(25)21-11-14-5-3-2-4-6-14)24(15-7-8-15)20(26)16-12-28-23-22-16/h2-6,9-10,12,15,17H,7-8,11H2,1H3,(H,21,25)/t17-/m0/s1. The summed E-state index contributed by atoms with van der Waals surface area (Å²) in [6.45, 7) is 2.40. The molecule has 3 aromatic rings. The maximum Gasteiger partial charge on any atom is 0.276 e. The molecule has 8 heteroatoms. The Morgan fingerprint density at radius 2 is 2.04 bits per heavy atom. The van der Waals surface area contributed by atoms with Gasteiger partial charge in [0, 0.05) is 22.8 Å². The van der Waals surface area contributed by atoms with Crippen LogP contribution < -0.4 is 5.32 Å². The Labute approximate surface area is 171 Å². The summed E-state index contributed by atoms with van der Waals surface area (Å²) >= 11 is 2.65. The molecule has 0 radical (unpaired) electrons. The first kappa shape index (κ1) is 18.8. The van der Waals surface area contributed by atoms with Crippen molar-refractivity contribution >= 4 is 34.7 Å². The molecule has 0 unspecified atom stereocenters. The van der Waals surface area contributed by atoms with Crippen LogP contribution in [0.1, 0.15) is 45.4 Å². The number of carbonyl (C=O) groups excluding carboxylic acids is 2. The Bertz CT molecular complexity index is 952. The van der Waals surface area contributed by atoms with Crippen molar-refractivity contribution in [1.29, 1.82) is 0 Å². The van der Waals surface area contributed by atoms with Crippen molar-refractivity contribution in [1.82, 2.24) is 19.8 Å². The van der Waals surface area contributed by atoms with Gasteiger partial charge in [0.15, 0.2) is 5.69 Å². The number of benzene rings is 1. The number of nitrogens with zero attached hydrogens (tertiary/aromatic N) is 3. The minimum atomic E-state index is -0.662. The molecule has 1 aromatic carbocycles. The van der Waals surface area contributed by atoms with E-state index < -0.39 is 6.04 Å². The van der Waals surface area contributed by atoms with Crippen LogP contribution in [-0.4, -0.2) is 32.3 Å².